The van der Waals surface area contributed by atoms with Crippen LogP contribution in [-0.2, 0) is 22.1 Å². The van der Waals surface area contributed by atoms with Crippen molar-refractivity contribution in [1.29, 1.82) is 0 Å². The second-order valence-corrected chi connectivity index (χ2v) is 11.9. The Morgan fingerprint density at radius 1 is 1.10 bits per heavy atom. The van der Waals surface area contributed by atoms with Crippen molar-refractivity contribution in [1.82, 2.24) is 14.5 Å². The molecule has 2 heterocycles. The van der Waals surface area contributed by atoms with E-state index in [1.54, 1.807) is 75.6 Å². The van der Waals surface area contributed by atoms with Crippen LogP contribution in [-0.4, -0.2) is 49.8 Å². The molecule has 0 saturated carbocycles. The summed E-state index contributed by atoms with van der Waals surface area (Å²) in [5, 5.41) is 0. The van der Waals surface area contributed by atoms with E-state index >= 15 is 4.39 Å². The van der Waals surface area contributed by atoms with Gasteiger partial charge in [-0.15, -0.1) is 0 Å². The smallest absolute Gasteiger partial charge is 0.410 e. The zero-order valence-corrected chi connectivity index (χ0v) is 23.2. The SMILES string of the molecule is CS(=O)c1cccc(-c2cc3c(cc2F)nc2n3[C@@H](c3ccccc3OC(F)F)CN(C(=O)OC(C)(C)C)C2)c1. The first-order valence-corrected chi connectivity index (χ1v) is 14.1. The van der Waals surface area contributed by atoms with Gasteiger partial charge in [-0.25, -0.2) is 14.2 Å². The first kappa shape index (κ1) is 27.7. The van der Waals surface area contributed by atoms with Gasteiger partial charge in [0.05, 0.1) is 23.6 Å². The molecule has 1 aliphatic rings. The van der Waals surface area contributed by atoms with Crippen molar-refractivity contribution in [3.63, 3.8) is 0 Å². The molecular weight excluding hydrogens is 543 g/mol. The van der Waals surface area contributed by atoms with Gasteiger partial charge in [0.15, 0.2) is 0 Å². The summed E-state index contributed by atoms with van der Waals surface area (Å²) in [5.41, 5.74) is 1.35. The Morgan fingerprint density at radius 3 is 2.55 bits per heavy atom. The number of fused-ring (bicyclic) bond motifs is 3. The number of halogens is 3. The fourth-order valence-corrected chi connectivity index (χ4v) is 5.44. The third-order valence-corrected chi connectivity index (χ3v) is 7.43. The molecular formula is C29H28F3N3O4S. The van der Waals surface area contributed by atoms with Crippen LogP contribution < -0.4 is 4.74 Å². The van der Waals surface area contributed by atoms with Crippen molar-refractivity contribution >= 4 is 27.9 Å². The average molecular weight is 572 g/mol. The maximum absolute atomic E-state index is 15.4. The van der Waals surface area contributed by atoms with E-state index in [-0.39, 0.29) is 24.4 Å². The lowest BCUT2D eigenvalue weighted by molar-refractivity contribution is -0.0509. The van der Waals surface area contributed by atoms with Gasteiger partial charge in [-0.3, -0.25) is 9.11 Å². The highest BCUT2D eigenvalue weighted by Crippen LogP contribution is 2.38. The van der Waals surface area contributed by atoms with Crippen molar-refractivity contribution in [3.8, 4) is 16.9 Å². The Labute approximate surface area is 232 Å². The summed E-state index contributed by atoms with van der Waals surface area (Å²) in [7, 11) is -1.26. The zero-order valence-electron chi connectivity index (χ0n) is 22.4. The second-order valence-electron chi connectivity index (χ2n) is 10.5. The van der Waals surface area contributed by atoms with Gasteiger partial charge in [0, 0.05) is 45.7 Å². The van der Waals surface area contributed by atoms with Gasteiger partial charge < -0.3 is 14.0 Å². The quantitative estimate of drug-likeness (QED) is 0.273. The number of hydrogen-bond donors (Lipinski definition) is 0. The summed E-state index contributed by atoms with van der Waals surface area (Å²) in [6.45, 7) is 2.35. The predicted molar refractivity (Wildman–Crippen MR) is 145 cm³/mol. The van der Waals surface area contributed by atoms with E-state index in [2.05, 4.69) is 4.98 Å². The molecule has 0 bridgehead atoms. The molecule has 1 unspecified atom stereocenters. The number of aromatic nitrogens is 2. The van der Waals surface area contributed by atoms with Crippen LogP contribution in [0.2, 0.25) is 0 Å². The van der Waals surface area contributed by atoms with Crippen LogP contribution in [0.1, 0.15) is 38.2 Å². The summed E-state index contributed by atoms with van der Waals surface area (Å²) < 4.78 is 66.4. The molecule has 0 radical (unpaired) electrons. The molecule has 11 heteroatoms. The number of ether oxygens (including phenoxy) is 2. The molecule has 0 spiro atoms. The Kier molecular flexibility index (Phi) is 7.34. The molecule has 0 aliphatic carbocycles. The molecule has 2 atom stereocenters. The summed E-state index contributed by atoms with van der Waals surface area (Å²) in [5.74, 6) is -0.130. The fraction of sp³-hybridized carbons (Fsp3) is 0.310. The zero-order chi connectivity index (χ0) is 28.8. The van der Waals surface area contributed by atoms with Crippen molar-refractivity contribution in [2.24, 2.45) is 0 Å². The molecule has 0 saturated heterocycles. The standard InChI is InChI=1S/C29H28F3N3O4S/c1-29(2,3)39-28(36)34-15-24(19-10-5-6-11-25(19)38-27(31)32)35-23-13-20(17-8-7-9-18(12-17)40(4)37)21(30)14-22(23)33-26(35)16-34/h5-14,24,27H,15-16H2,1-4H3/t24-,40?/m1/s1. The number of hydrogen-bond acceptors (Lipinski definition) is 5. The van der Waals surface area contributed by atoms with Gasteiger partial charge in [-0.05, 0) is 50.6 Å². The molecule has 5 rings (SSSR count). The van der Waals surface area contributed by atoms with Crippen LogP contribution in [0.5, 0.6) is 5.75 Å². The van der Waals surface area contributed by atoms with E-state index in [1.807, 2.05) is 4.57 Å². The van der Waals surface area contributed by atoms with Crippen molar-refractivity contribution < 1.29 is 31.6 Å². The molecule has 0 N–H and O–H groups in total. The second kappa shape index (κ2) is 10.6. The molecule has 1 aromatic heterocycles. The Hall–Kier alpha value is -3.86. The van der Waals surface area contributed by atoms with Crippen LogP contribution in [0.15, 0.2) is 65.6 Å². The van der Waals surface area contributed by atoms with E-state index in [0.29, 0.717) is 32.9 Å². The normalized spacial score (nSPS) is 16.2. The highest BCUT2D eigenvalue weighted by Gasteiger charge is 2.35. The maximum Gasteiger partial charge on any atom is 0.410 e. The van der Waals surface area contributed by atoms with Gasteiger partial charge >= 0.3 is 12.7 Å². The van der Waals surface area contributed by atoms with E-state index < -0.39 is 41.0 Å². The lowest BCUT2D eigenvalue weighted by atomic mass is 10.0. The van der Waals surface area contributed by atoms with Crippen LogP contribution in [0.4, 0.5) is 18.0 Å². The number of para-hydroxylation sites is 1. The average Bonchev–Trinajstić information content (AvgIpc) is 3.24. The Balaban J connectivity index is 1.69. The van der Waals surface area contributed by atoms with Crippen molar-refractivity contribution in [2.45, 2.75) is 50.5 Å². The molecule has 210 valence electrons. The summed E-state index contributed by atoms with van der Waals surface area (Å²) in [6.07, 6.45) is 0.964. The third-order valence-electron chi connectivity index (χ3n) is 6.51. The van der Waals surface area contributed by atoms with Gasteiger partial charge in [-0.2, -0.15) is 8.78 Å². The number of nitrogens with zero attached hydrogens (tertiary/aromatic N) is 3. The van der Waals surface area contributed by atoms with Gasteiger partial charge in [0.1, 0.15) is 23.0 Å². The monoisotopic (exact) mass is 571 g/mol. The number of amides is 1. The summed E-state index contributed by atoms with van der Waals surface area (Å²) in [4.78, 5) is 19.7. The van der Waals surface area contributed by atoms with E-state index in [4.69, 9.17) is 9.47 Å². The van der Waals surface area contributed by atoms with E-state index in [1.165, 1.54) is 17.0 Å². The van der Waals surface area contributed by atoms with Gasteiger partial charge in [0.25, 0.3) is 0 Å². The van der Waals surface area contributed by atoms with Crippen LogP contribution in [0.3, 0.4) is 0 Å². The maximum atomic E-state index is 15.4. The number of imidazole rings is 1. The fourth-order valence-electron chi connectivity index (χ4n) is 4.88. The van der Waals surface area contributed by atoms with Crippen LogP contribution in [0, 0.1) is 5.82 Å². The Bertz CT molecular complexity index is 1620. The largest absolute Gasteiger partial charge is 0.444 e. The minimum absolute atomic E-state index is 0.0400. The Morgan fingerprint density at radius 2 is 1.85 bits per heavy atom. The first-order chi connectivity index (χ1) is 18.9. The number of alkyl halides is 2. The molecule has 40 heavy (non-hydrogen) atoms. The summed E-state index contributed by atoms with van der Waals surface area (Å²) in [6, 6.07) is 15.4. The van der Waals surface area contributed by atoms with Gasteiger partial charge in [-0.1, -0.05) is 30.3 Å². The van der Waals surface area contributed by atoms with Crippen LogP contribution in [0.25, 0.3) is 22.2 Å². The lowest BCUT2D eigenvalue weighted by Crippen LogP contribution is -2.44. The van der Waals surface area contributed by atoms with E-state index in [0.717, 1.165) is 0 Å². The molecule has 3 aromatic carbocycles. The molecule has 1 aliphatic heterocycles. The first-order valence-electron chi connectivity index (χ1n) is 12.6. The van der Waals surface area contributed by atoms with Gasteiger partial charge in [0.2, 0.25) is 0 Å². The highest BCUT2D eigenvalue weighted by atomic mass is 32.2. The molecule has 7 nitrogen and oxygen atoms in total. The third kappa shape index (κ3) is 5.56. The topological polar surface area (TPSA) is 73.7 Å². The predicted octanol–water partition coefficient (Wildman–Crippen LogP) is 6.52. The number of benzene rings is 3. The number of carbonyl (C=O) groups is 1. The molecule has 4 aromatic rings. The van der Waals surface area contributed by atoms with E-state index in [9.17, 15) is 17.8 Å². The van der Waals surface area contributed by atoms with Crippen LogP contribution >= 0.6 is 0 Å². The minimum Gasteiger partial charge on any atom is -0.444 e. The lowest BCUT2D eigenvalue weighted by Gasteiger charge is -2.36. The highest BCUT2D eigenvalue weighted by molar-refractivity contribution is 7.84. The molecule has 1 amide bonds. The van der Waals surface area contributed by atoms with Crippen molar-refractivity contribution in [2.75, 3.05) is 12.8 Å². The minimum atomic E-state index is -3.05. The summed E-state index contributed by atoms with van der Waals surface area (Å²) >= 11 is 0. The number of carbonyl (C=O) groups excluding carboxylic acids is 1. The molecule has 0 fully saturated rings. The van der Waals surface area contributed by atoms with Crippen molar-refractivity contribution in [3.05, 3.63) is 77.9 Å². The number of rotatable bonds is 5.